The van der Waals surface area contributed by atoms with E-state index in [0.717, 1.165) is 30.1 Å². The van der Waals surface area contributed by atoms with Gasteiger partial charge in [-0.15, -0.1) is 23.2 Å². The molecule has 4 fully saturated rings. The quantitative estimate of drug-likeness (QED) is 0.196. The van der Waals surface area contributed by atoms with Crippen molar-refractivity contribution in [1.82, 2.24) is 14.7 Å². The van der Waals surface area contributed by atoms with Gasteiger partial charge in [0.05, 0.1) is 23.6 Å². The third-order valence-corrected chi connectivity index (χ3v) is 13.3. The topological polar surface area (TPSA) is 107 Å². The first-order valence-electron chi connectivity index (χ1n) is 16.4. The summed E-state index contributed by atoms with van der Waals surface area (Å²) in [4.78, 5) is 57.6. The van der Waals surface area contributed by atoms with E-state index in [1.54, 1.807) is 18.4 Å². The normalized spacial score (nSPS) is 33.5. The molecule has 0 bridgehead atoms. The molecule has 48 heavy (non-hydrogen) atoms. The monoisotopic (exact) mass is 753 g/mol. The Hall–Kier alpha value is -3.18. The molecule has 2 aromatic carbocycles. The molecule has 4 aliphatic heterocycles. The summed E-state index contributed by atoms with van der Waals surface area (Å²) in [5, 5.41) is 10.2. The first kappa shape index (κ1) is 32.0. The number of imide groups is 2. The van der Waals surface area contributed by atoms with E-state index in [0.29, 0.717) is 36.1 Å². The second-order valence-electron chi connectivity index (χ2n) is 13.8. The van der Waals surface area contributed by atoms with E-state index >= 15 is 0 Å². The summed E-state index contributed by atoms with van der Waals surface area (Å²) in [6.45, 7) is 2.35. The average Bonchev–Trinajstić information content (AvgIpc) is 3.42. The molecule has 2 aromatic rings. The largest absolute Gasteiger partial charge is 0.508 e. The van der Waals surface area contributed by atoms with Crippen molar-refractivity contribution < 1.29 is 29.0 Å². The molecule has 0 radical (unpaired) electrons. The SMILES string of the molecule is O=C1[C@H]2[C@H](CC=C3[C@H](C4=COc5ccc(O)cc5C4)[C@]4(Cl)C(=O)N(CBr)C(=O)[C@]4(Cl)C[C@H]32)C(=O)N1C1CCN(Cc2ccccc2)CC1. The van der Waals surface area contributed by atoms with Gasteiger partial charge in [0, 0.05) is 43.6 Å². The van der Waals surface area contributed by atoms with Crippen LogP contribution in [0.25, 0.3) is 0 Å². The van der Waals surface area contributed by atoms with Gasteiger partial charge in [0.1, 0.15) is 11.5 Å². The molecule has 12 heteroatoms. The van der Waals surface area contributed by atoms with Crippen molar-refractivity contribution >= 4 is 62.8 Å². The third-order valence-electron chi connectivity index (χ3n) is 11.4. The summed E-state index contributed by atoms with van der Waals surface area (Å²) >= 11 is 18.0. The van der Waals surface area contributed by atoms with Crippen molar-refractivity contribution in [3.8, 4) is 11.5 Å². The molecule has 4 heterocycles. The van der Waals surface area contributed by atoms with Crippen molar-refractivity contribution in [2.45, 2.75) is 54.4 Å². The van der Waals surface area contributed by atoms with Gasteiger partial charge in [0.2, 0.25) is 11.8 Å². The van der Waals surface area contributed by atoms with E-state index in [1.807, 2.05) is 24.3 Å². The lowest BCUT2D eigenvalue weighted by atomic mass is 9.56. The summed E-state index contributed by atoms with van der Waals surface area (Å²) in [6.07, 6.45) is 5.41. The van der Waals surface area contributed by atoms with Gasteiger partial charge in [-0.2, -0.15) is 0 Å². The van der Waals surface area contributed by atoms with E-state index in [2.05, 4.69) is 33.0 Å². The number of carbonyl (C=O) groups excluding carboxylic acids is 4. The molecule has 0 unspecified atom stereocenters. The lowest BCUT2D eigenvalue weighted by Gasteiger charge is -2.51. The van der Waals surface area contributed by atoms with Gasteiger partial charge in [-0.05, 0) is 60.9 Å². The van der Waals surface area contributed by atoms with Crippen LogP contribution in [-0.4, -0.2) is 77.8 Å². The fraction of sp³-hybridized carbons (Fsp3) is 0.444. The van der Waals surface area contributed by atoms with Gasteiger partial charge in [0.15, 0.2) is 9.75 Å². The lowest BCUT2D eigenvalue weighted by Crippen LogP contribution is -2.61. The number of nitrogens with zero attached hydrogens (tertiary/aromatic N) is 3. The van der Waals surface area contributed by atoms with E-state index in [1.165, 1.54) is 16.5 Å². The predicted octanol–water partition coefficient (Wildman–Crippen LogP) is 5.12. The average molecular weight is 755 g/mol. The number of hydrogen-bond donors (Lipinski definition) is 1. The molecule has 6 aliphatic rings. The Labute approximate surface area is 296 Å². The minimum absolute atomic E-state index is 0.0521. The first-order chi connectivity index (χ1) is 23.1. The maximum absolute atomic E-state index is 14.5. The van der Waals surface area contributed by atoms with Gasteiger partial charge >= 0.3 is 0 Å². The van der Waals surface area contributed by atoms with Crippen LogP contribution < -0.4 is 4.74 Å². The third kappa shape index (κ3) is 4.58. The lowest BCUT2D eigenvalue weighted by molar-refractivity contribution is -0.144. The molecule has 250 valence electrons. The molecule has 3 saturated heterocycles. The summed E-state index contributed by atoms with van der Waals surface area (Å²) in [6, 6.07) is 14.8. The number of alkyl halides is 3. The number of phenols is 1. The molecule has 2 aliphatic carbocycles. The summed E-state index contributed by atoms with van der Waals surface area (Å²) in [7, 11) is 0. The smallest absolute Gasteiger partial charge is 0.254 e. The standard InChI is InChI=1S/C36H34BrCl2N3O6/c37-19-41-33(46)35(38)16-27-25(30(36(35,39)34(41)47)22-14-21-15-24(43)6-9-28(21)48-18-22)7-8-26-29(27)32(45)42(31(26)44)23-10-12-40(13-11-23)17-20-4-2-1-3-5-20/h1-7,9,15,18,23,26-27,29-30,43H,8,10-14,16-17,19H2/t26-,27+,29-,30-,35+,36-/m0/s1. The van der Waals surface area contributed by atoms with Gasteiger partial charge in [-0.25, -0.2) is 0 Å². The fourth-order valence-electron chi connectivity index (χ4n) is 9.13. The van der Waals surface area contributed by atoms with Crippen LogP contribution in [0.4, 0.5) is 0 Å². The zero-order valence-electron chi connectivity index (χ0n) is 26.0. The maximum Gasteiger partial charge on any atom is 0.254 e. The number of amides is 4. The number of phenolic OH excluding ortho intramolecular Hbond substituents is 1. The summed E-state index contributed by atoms with van der Waals surface area (Å²) in [5.41, 5.74) is 3.17. The highest BCUT2D eigenvalue weighted by Crippen LogP contribution is 2.65. The number of rotatable bonds is 5. The van der Waals surface area contributed by atoms with Crippen molar-refractivity contribution in [3.63, 3.8) is 0 Å². The fourth-order valence-corrected chi connectivity index (χ4v) is 10.6. The molecular weight excluding hydrogens is 721 g/mol. The molecular formula is C36H34BrCl2N3O6. The Kier molecular flexibility index (Phi) is 7.82. The van der Waals surface area contributed by atoms with Crippen LogP contribution in [0.2, 0.25) is 0 Å². The van der Waals surface area contributed by atoms with Gasteiger partial charge in [-0.1, -0.05) is 57.9 Å². The van der Waals surface area contributed by atoms with Gasteiger partial charge < -0.3 is 9.84 Å². The Morgan fingerprint density at radius 2 is 1.71 bits per heavy atom. The number of benzene rings is 2. The Balaban J connectivity index is 1.12. The molecule has 4 amide bonds. The second-order valence-corrected chi connectivity index (χ2v) is 15.5. The maximum atomic E-state index is 14.5. The first-order valence-corrected chi connectivity index (χ1v) is 18.3. The van der Waals surface area contributed by atoms with Crippen LogP contribution in [0, 0.1) is 23.7 Å². The number of likely N-dealkylation sites (tertiary alicyclic amines) is 3. The van der Waals surface area contributed by atoms with E-state index in [4.69, 9.17) is 27.9 Å². The van der Waals surface area contributed by atoms with Crippen LogP contribution in [0.1, 0.15) is 36.8 Å². The van der Waals surface area contributed by atoms with Crippen molar-refractivity contribution in [3.05, 3.63) is 83.1 Å². The number of piperidine rings is 1. The zero-order chi connectivity index (χ0) is 33.5. The molecule has 0 spiro atoms. The minimum Gasteiger partial charge on any atom is -0.508 e. The number of ether oxygens (including phenoxy) is 1. The van der Waals surface area contributed by atoms with Crippen LogP contribution in [0.3, 0.4) is 0 Å². The van der Waals surface area contributed by atoms with Crippen LogP contribution in [0.15, 0.2) is 72.0 Å². The number of fused-ring (bicyclic) bond motifs is 5. The van der Waals surface area contributed by atoms with E-state index < -0.39 is 45.2 Å². The second kappa shape index (κ2) is 11.7. The highest BCUT2D eigenvalue weighted by Gasteiger charge is 2.76. The molecule has 0 aromatic heterocycles. The molecule has 6 atom stereocenters. The number of carbonyl (C=O) groups is 4. The summed E-state index contributed by atoms with van der Waals surface area (Å²) in [5.74, 6) is -3.80. The number of halogens is 3. The van der Waals surface area contributed by atoms with Gasteiger partial charge in [-0.3, -0.25) is 33.9 Å². The Morgan fingerprint density at radius 1 is 0.958 bits per heavy atom. The zero-order valence-corrected chi connectivity index (χ0v) is 29.1. The van der Waals surface area contributed by atoms with Crippen LogP contribution >= 0.6 is 39.1 Å². The predicted molar refractivity (Wildman–Crippen MR) is 181 cm³/mol. The molecule has 8 rings (SSSR count). The Bertz CT molecular complexity index is 1790. The Morgan fingerprint density at radius 3 is 2.44 bits per heavy atom. The molecule has 1 saturated carbocycles. The van der Waals surface area contributed by atoms with Crippen molar-refractivity contribution in [2.24, 2.45) is 23.7 Å². The molecule has 9 nitrogen and oxygen atoms in total. The van der Waals surface area contributed by atoms with Crippen molar-refractivity contribution in [1.29, 1.82) is 0 Å². The molecule has 1 N–H and O–H groups in total. The highest BCUT2D eigenvalue weighted by atomic mass is 79.9. The summed E-state index contributed by atoms with van der Waals surface area (Å²) < 4.78 is 5.98. The number of hydrogen-bond acceptors (Lipinski definition) is 7. The van der Waals surface area contributed by atoms with Crippen LogP contribution in [-0.2, 0) is 32.1 Å². The number of allylic oxidation sites excluding steroid dienone is 3. The van der Waals surface area contributed by atoms with E-state index in [9.17, 15) is 24.3 Å². The van der Waals surface area contributed by atoms with E-state index in [-0.39, 0.29) is 41.9 Å². The van der Waals surface area contributed by atoms with Crippen molar-refractivity contribution in [2.75, 3.05) is 18.5 Å². The van der Waals surface area contributed by atoms with Crippen LogP contribution in [0.5, 0.6) is 11.5 Å². The minimum atomic E-state index is -1.89. The highest BCUT2D eigenvalue weighted by molar-refractivity contribution is 9.09. The number of aromatic hydroxyl groups is 1. The van der Waals surface area contributed by atoms with Gasteiger partial charge in [0.25, 0.3) is 11.8 Å².